The zero-order valence-corrected chi connectivity index (χ0v) is 16.3. The second-order valence-corrected chi connectivity index (χ2v) is 6.89. The summed E-state index contributed by atoms with van der Waals surface area (Å²) in [5.41, 5.74) is 0.596. The van der Waals surface area contributed by atoms with E-state index in [9.17, 15) is 19.8 Å². The highest BCUT2D eigenvalue weighted by atomic mass is 35.5. The molecule has 0 heterocycles. The summed E-state index contributed by atoms with van der Waals surface area (Å²) in [6.07, 6.45) is 8.39. The van der Waals surface area contributed by atoms with Crippen LogP contribution in [0.3, 0.4) is 0 Å². The van der Waals surface area contributed by atoms with Gasteiger partial charge >= 0.3 is 5.97 Å². The van der Waals surface area contributed by atoms with Crippen LogP contribution in [0.1, 0.15) is 67.4 Å². The van der Waals surface area contributed by atoms with Gasteiger partial charge in [-0.05, 0) is 31.7 Å². The van der Waals surface area contributed by atoms with Crippen molar-refractivity contribution in [3.8, 4) is 11.5 Å². The smallest absolute Gasteiger partial charge is 0.308 e. The first-order valence-electron chi connectivity index (χ1n) is 8.83. The highest BCUT2D eigenvalue weighted by Crippen LogP contribution is 2.40. The molecule has 0 aromatic heterocycles. The molecule has 0 saturated heterocycles. The number of hydrogen-bond donors (Lipinski definition) is 2. The summed E-state index contributed by atoms with van der Waals surface area (Å²) in [5, 5.41) is 20.2. The number of allylic oxidation sites excluding steroid dienone is 1. The summed E-state index contributed by atoms with van der Waals surface area (Å²) in [4.78, 5) is 22.4. The minimum absolute atomic E-state index is 0.0699. The van der Waals surface area contributed by atoms with Crippen molar-refractivity contribution in [2.45, 2.75) is 52.9 Å². The number of rotatable bonds is 10. The highest BCUT2D eigenvalue weighted by molar-refractivity contribution is 6.33. The third-order valence-corrected chi connectivity index (χ3v) is 4.55. The summed E-state index contributed by atoms with van der Waals surface area (Å²) in [5.74, 6) is -0.750. The predicted molar refractivity (Wildman–Crippen MR) is 103 cm³/mol. The Labute approximate surface area is 159 Å². The first-order chi connectivity index (χ1) is 12.3. The lowest BCUT2D eigenvalue weighted by Crippen LogP contribution is -2.12. The first-order valence-corrected chi connectivity index (χ1v) is 9.21. The van der Waals surface area contributed by atoms with Gasteiger partial charge < -0.3 is 14.9 Å². The molecule has 0 radical (unpaired) electrons. The number of phenolic OH excluding ortho intramolecular Hbond substituents is 2. The van der Waals surface area contributed by atoms with E-state index in [1.54, 1.807) is 13.0 Å². The van der Waals surface area contributed by atoms with Crippen LogP contribution in [0.5, 0.6) is 11.5 Å². The van der Waals surface area contributed by atoms with Gasteiger partial charge in [0.05, 0.1) is 28.7 Å². The number of aldehydes is 1. The van der Waals surface area contributed by atoms with E-state index in [1.165, 1.54) is 0 Å². The van der Waals surface area contributed by atoms with Crippen LogP contribution in [0.4, 0.5) is 0 Å². The Bertz CT molecular complexity index is 665. The average molecular weight is 383 g/mol. The monoisotopic (exact) mass is 382 g/mol. The summed E-state index contributed by atoms with van der Waals surface area (Å²) in [6.45, 7) is 5.63. The van der Waals surface area contributed by atoms with E-state index in [0.717, 1.165) is 32.1 Å². The molecule has 26 heavy (non-hydrogen) atoms. The highest BCUT2D eigenvalue weighted by Gasteiger charge is 2.18. The van der Waals surface area contributed by atoms with Crippen LogP contribution in [-0.2, 0) is 9.53 Å². The van der Waals surface area contributed by atoms with Gasteiger partial charge in [-0.15, -0.1) is 0 Å². The number of benzene rings is 1. The number of carbonyl (C=O) groups is 2. The molecule has 0 spiro atoms. The Hall–Kier alpha value is -2.01. The van der Waals surface area contributed by atoms with Gasteiger partial charge in [-0.1, -0.05) is 50.4 Å². The van der Waals surface area contributed by atoms with E-state index in [-0.39, 0.29) is 39.5 Å². The Balaban J connectivity index is 2.43. The molecule has 5 nitrogen and oxygen atoms in total. The van der Waals surface area contributed by atoms with Crippen LogP contribution in [-0.4, -0.2) is 29.1 Å². The molecule has 0 bridgehead atoms. The molecule has 0 aliphatic heterocycles. The van der Waals surface area contributed by atoms with E-state index in [4.69, 9.17) is 16.3 Å². The third kappa shape index (κ3) is 6.06. The van der Waals surface area contributed by atoms with Crippen molar-refractivity contribution in [3.05, 3.63) is 27.8 Å². The molecule has 1 aromatic rings. The molecular formula is C20H27ClO5. The Kier molecular flexibility index (Phi) is 9.21. The third-order valence-electron chi connectivity index (χ3n) is 4.09. The maximum absolute atomic E-state index is 11.3. The molecule has 1 rings (SSSR count). The fourth-order valence-corrected chi connectivity index (χ4v) is 2.61. The van der Waals surface area contributed by atoms with Gasteiger partial charge in [0.2, 0.25) is 0 Å². The number of phenols is 2. The van der Waals surface area contributed by atoms with Gasteiger partial charge in [0.15, 0.2) is 6.29 Å². The number of carbonyl (C=O) groups excluding carboxylic acids is 2. The van der Waals surface area contributed by atoms with Gasteiger partial charge in [0.25, 0.3) is 0 Å². The molecule has 0 unspecified atom stereocenters. The topological polar surface area (TPSA) is 83.8 Å². The van der Waals surface area contributed by atoms with Crippen LogP contribution >= 0.6 is 11.6 Å². The normalized spacial score (nSPS) is 11.3. The minimum atomic E-state index is -0.261. The van der Waals surface area contributed by atoms with E-state index in [2.05, 4.69) is 0 Å². The summed E-state index contributed by atoms with van der Waals surface area (Å²) in [6, 6.07) is 0. The van der Waals surface area contributed by atoms with Crippen molar-refractivity contribution in [2.24, 2.45) is 5.92 Å². The fourth-order valence-electron chi connectivity index (χ4n) is 2.41. The summed E-state index contributed by atoms with van der Waals surface area (Å²) < 4.78 is 5.11. The number of unbranched alkanes of at least 4 members (excludes halogenated alkanes) is 4. The molecule has 0 aliphatic rings. The van der Waals surface area contributed by atoms with E-state index in [0.29, 0.717) is 18.5 Å². The molecule has 0 fully saturated rings. The maximum atomic E-state index is 11.3. The Morgan fingerprint density at radius 2 is 1.77 bits per heavy atom. The van der Waals surface area contributed by atoms with E-state index >= 15 is 0 Å². The zero-order valence-electron chi connectivity index (χ0n) is 15.5. The van der Waals surface area contributed by atoms with Gasteiger partial charge in [-0.2, -0.15) is 0 Å². The lowest BCUT2D eigenvalue weighted by atomic mass is 10.0. The largest absolute Gasteiger partial charge is 0.506 e. The Morgan fingerprint density at radius 1 is 1.12 bits per heavy atom. The minimum Gasteiger partial charge on any atom is -0.506 e. The van der Waals surface area contributed by atoms with Gasteiger partial charge in [0, 0.05) is 0 Å². The van der Waals surface area contributed by atoms with Crippen LogP contribution in [0.2, 0.25) is 5.02 Å². The molecular weight excluding hydrogens is 356 g/mol. The first kappa shape index (κ1) is 22.0. The predicted octanol–water partition coefficient (Wildman–Crippen LogP) is 5.04. The second-order valence-electron chi connectivity index (χ2n) is 6.51. The molecule has 144 valence electrons. The molecule has 1 aromatic carbocycles. The van der Waals surface area contributed by atoms with Crippen molar-refractivity contribution in [1.82, 2.24) is 0 Å². The molecule has 0 amide bonds. The van der Waals surface area contributed by atoms with Gasteiger partial charge in [-0.25, -0.2) is 0 Å². The van der Waals surface area contributed by atoms with E-state index in [1.807, 2.05) is 19.9 Å². The van der Waals surface area contributed by atoms with Crippen molar-refractivity contribution < 1.29 is 24.5 Å². The quantitative estimate of drug-likeness (QED) is 0.336. The van der Waals surface area contributed by atoms with Crippen LogP contribution in [0.15, 0.2) is 6.08 Å². The van der Waals surface area contributed by atoms with Crippen molar-refractivity contribution in [2.75, 3.05) is 6.61 Å². The Morgan fingerprint density at radius 3 is 2.38 bits per heavy atom. The van der Waals surface area contributed by atoms with Crippen LogP contribution in [0.25, 0.3) is 6.08 Å². The lowest BCUT2D eigenvalue weighted by molar-refractivity contribution is -0.147. The second kappa shape index (κ2) is 10.9. The van der Waals surface area contributed by atoms with Crippen molar-refractivity contribution in [1.29, 1.82) is 0 Å². The standard InChI is InChI=1S/C20H27ClO5/c1-13(2)20(25)26-11-9-7-5-4-6-8-10-15-18(23)16(12-22)14(3)17(21)19(15)24/h8,10,12-13,23-24H,4-7,9,11H2,1-3H3. The van der Waals surface area contributed by atoms with Gasteiger partial charge in [0.1, 0.15) is 11.5 Å². The molecule has 2 N–H and O–H groups in total. The lowest BCUT2D eigenvalue weighted by Gasteiger charge is -2.11. The summed E-state index contributed by atoms with van der Waals surface area (Å²) in [7, 11) is 0. The van der Waals surface area contributed by atoms with Crippen molar-refractivity contribution >= 4 is 29.9 Å². The maximum Gasteiger partial charge on any atom is 0.308 e. The summed E-state index contributed by atoms with van der Waals surface area (Å²) >= 11 is 6.00. The van der Waals surface area contributed by atoms with E-state index < -0.39 is 0 Å². The fraction of sp³-hybridized carbons (Fsp3) is 0.500. The molecule has 0 aliphatic carbocycles. The molecule has 0 atom stereocenters. The van der Waals surface area contributed by atoms with Crippen molar-refractivity contribution in [3.63, 3.8) is 0 Å². The number of esters is 1. The average Bonchev–Trinajstić information content (AvgIpc) is 2.61. The van der Waals surface area contributed by atoms with Crippen LogP contribution in [0, 0.1) is 12.8 Å². The number of ether oxygens (including phenoxy) is 1. The number of halogens is 1. The van der Waals surface area contributed by atoms with Gasteiger partial charge in [-0.3, -0.25) is 9.59 Å². The zero-order chi connectivity index (χ0) is 19.7. The molecule has 6 heteroatoms. The van der Waals surface area contributed by atoms with Crippen LogP contribution < -0.4 is 0 Å². The number of hydrogen-bond acceptors (Lipinski definition) is 5. The molecule has 0 saturated carbocycles. The SMILES string of the molecule is Cc1c(Cl)c(O)c(C=CCCCCCCOC(=O)C(C)C)c(O)c1C=O. The number of aromatic hydroxyl groups is 2.